The summed E-state index contributed by atoms with van der Waals surface area (Å²) in [5, 5.41) is 2.00. The van der Waals surface area contributed by atoms with Gasteiger partial charge in [-0.3, -0.25) is 4.79 Å². The zero-order valence-electron chi connectivity index (χ0n) is 4.14. The third-order valence-corrected chi connectivity index (χ3v) is 0. The van der Waals surface area contributed by atoms with Crippen molar-refractivity contribution < 1.29 is 10.1 Å². The van der Waals surface area contributed by atoms with Crippen LogP contribution in [0.15, 0.2) is 0 Å². The number of amides is 1. The Morgan fingerprint density at radius 2 is 1.67 bits per heavy atom. The van der Waals surface area contributed by atoms with Crippen molar-refractivity contribution in [1.82, 2.24) is 0 Å². The fourth-order valence-corrected chi connectivity index (χ4v) is 0. The molecule has 0 heterocycles. The van der Waals surface area contributed by atoms with Crippen LogP contribution in [0.25, 0.3) is 0 Å². The van der Waals surface area contributed by atoms with Crippen molar-refractivity contribution in [3.05, 3.63) is 0 Å². The summed E-state index contributed by atoms with van der Waals surface area (Å²) >= 11 is 0. The number of hydrogen-bond acceptors (Lipinski definition) is 1. The van der Waals surface area contributed by atoms with Crippen LogP contribution in [0.1, 0.15) is 0 Å². The molecule has 0 unspecified atom stereocenters. The molecule has 0 radical (unpaired) electrons. The van der Waals surface area contributed by atoms with Crippen molar-refractivity contribution in [1.29, 1.82) is 0 Å². The highest BCUT2D eigenvalue weighted by Gasteiger charge is 1.29. The molecule has 3 heteroatoms. The Morgan fingerprint density at radius 1 is 1.67 bits per heavy atom. The molecular weight excluding hydrogens is 80.0 g/mol. The maximum Gasteiger partial charge on any atom is 0.204 e. The monoisotopic (exact) mass is 91.1 g/mol. The maximum atomic E-state index is 8.58. The summed E-state index contributed by atoms with van der Waals surface area (Å²) in [7, 11) is 4.00. The summed E-state index contributed by atoms with van der Waals surface area (Å²) in [5.41, 5.74) is 4.17. The zero-order valence-corrected chi connectivity index (χ0v) is 4.14. The lowest BCUT2D eigenvalue weighted by Crippen LogP contribution is -2.74. The second-order valence-corrected chi connectivity index (χ2v) is 0.713. The summed E-state index contributed by atoms with van der Waals surface area (Å²) in [6.45, 7) is 0. The summed E-state index contributed by atoms with van der Waals surface area (Å²) in [4.78, 5) is 8.58. The Hall–Kier alpha value is -0.570. The molecule has 0 aromatic rings. The van der Waals surface area contributed by atoms with Gasteiger partial charge in [-0.2, -0.15) is 0 Å². The molecule has 0 atom stereocenters. The van der Waals surface area contributed by atoms with E-state index in [4.69, 9.17) is 4.79 Å². The summed E-state index contributed by atoms with van der Waals surface area (Å²) in [6, 6.07) is 0. The average molecular weight is 91.1 g/mol. The van der Waals surface area contributed by atoms with Gasteiger partial charge in [0, 0.05) is 0 Å². The van der Waals surface area contributed by atoms with E-state index in [2.05, 4.69) is 5.73 Å². The van der Waals surface area contributed by atoms with E-state index in [1.807, 2.05) is 19.4 Å². The van der Waals surface area contributed by atoms with E-state index in [9.17, 15) is 0 Å². The van der Waals surface area contributed by atoms with Crippen LogP contribution < -0.4 is 11.1 Å². The number of rotatable bonds is 0. The smallest absolute Gasteiger partial charge is 0.204 e. The minimum absolute atomic E-state index is 0.250. The molecule has 0 spiro atoms. The van der Waals surface area contributed by atoms with Crippen molar-refractivity contribution in [3.63, 3.8) is 0 Å². The van der Waals surface area contributed by atoms with Gasteiger partial charge in [-0.05, 0) is 0 Å². The van der Waals surface area contributed by atoms with Crippen LogP contribution in [-0.4, -0.2) is 20.5 Å². The van der Waals surface area contributed by atoms with Crippen LogP contribution in [-0.2, 0) is 4.79 Å². The number of nitrogens with two attached hydrogens (primary N) is 2. The average Bonchev–Trinajstić information content (AvgIpc) is 1.39. The van der Waals surface area contributed by atoms with Crippen LogP contribution >= 0.6 is 0 Å². The molecule has 0 saturated carbocycles. The minimum atomic E-state index is 0.250. The van der Waals surface area contributed by atoms with E-state index in [0.717, 1.165) is 0 Å². The van der Waals surface area contributed by atoms with Gasteiger partial charge in [0.2, 0.25) is 6.41 Å². The zero-order chi connectivity index (χ0) is 5.41. The van der Waals surface area contributed by atoms with Gasteiger partial charge in [-0.1, -0.05) is 0 Å². The third-order valence-electron chi connectivity index (χ3n) is 0. The number of primary amides is 1. The molecule has 0 bridgehead atoms. The predicted molar refractivity (Wildman–Crippen MR) is 24.0 cm³/mol. The Kier molecular flexibility index (Phi) is 38.5. The van der Waals surface area contributed by atoms with Crippen molar-refractivity contribution in [2.75, 3.05) is 14.1 Å². The first-order valence-electron chi connectivity index (χ1n) is 1.72. The molecule has 0 aromatic carbocycles. The van der Waals surface area contributed by atoms with Crippen LogP contribution in [0.5, 0.6) is 0 Å². The summed E-state index contributed by atoms with van der Waals surface area (Å²) in [5.74, 6) is 0. The molecule has 38 valence electrons. The lowest BCUT2D eigenvalue weighted by molar-refractivity contribution is -0.597. The number of carbonyl (C=O) groups excluding carboxylic acids is 1. The quantitative estimate of drug-likeness (QED) is 0.330. The maximum absolute atomic E-state index is 8.58. The highest BCUT2D eigenvalue weighted by Crippen LogP contribution is 0.799. The van der Waals surface area contributed by atoms with Crippen LogP contribution in [0.4, 0.5) is 0 Å². The van der Waals surface area contributed by atoms with Crippen LogP contribution in [0.3, 0.4) is 0 Å². The molecular formula is C3H11N2O+. The molecule has 0 aromatic heterocycles. The second kappa shape index (κ2) is 25.5. The highest BCUT2D eigenvalue weighted by atomic mass is 16.1. The molecule has 1 amide bonds. The Labute approximate surface area is 37.5 Å². The van der Waals surface area contributed by atoms with Crippen LogP contribution in [0, 0.1) is 0 Å². The van der Waals surface area contributed by atoms with E-state index in [1.54, 1.807) is 0 Å². The van der Waals surface area contributed by atoms with Gasteiger partial charge in [0.25, 0.3) is 0 Å². The molecule has 0 saturated heterocycles. The largest absolute Gasteiger partial charge is 0.372 e. The van der Waals surface area contributed by atoms with E-state index in [-0.39, 0.29) is 6.41 Å². The molecule has 0 rings (SSSR count). The van der Waals surface area contributed by atoms with Crippen molar-refractivity contribution >= 4 is 6.41 Å². The van der Waals surface area contributed by atoms with E-state index in [1.165, 1.54) is 0 Å². The first-order chi connectivity index (χ1) is 2.83. The number of carbonyl (C=O) groups is 1. The molecule has 0 aliphatic carbocycles. The minimum Gasteiger partial charge on any atom is -0.372 e. The molecule has 0 fully saturated rings. The standard InChI is InChI=1S/C2H7N.CH3NO/c1-3-2;2-1-3/h3H,1-2H3;1H,(H2,2,3)/p+1. The van der Waals surface area contributed by atoms with E-state index >= 15 is 0 Å². The molecule has 4 N–H and O–H groups in total. The topological polar surface area (TPSA) is 59.7 Å². The fraction of sp³-hybridized carbons (Fsp3) is 0.667. The molecule has 3 nitrogen and oxygen atoms in total. The van der Waals surface area contributed by atoms with E-state index in [0.29, 0.717) is 0 Å². The lowest BCUT2D eigenvalue weighted by Gasteiger charge is -1.57. The third kappa shape index (κ3) is 62.3. The van der Waals surface area contributed by atoms with Gasteiger partial charge in [0.05, 0.1) is 14.1 Å². The van der Waals surface area contributed by atoms with Crippen LogP contribution in [0.2, 0.25) is 0 Å². The van der Waals surface area contributed by atoms with Crippen molar-refractivity contribution in [2.24, 2.45) is 5.73 Å². The molecule has 0 aliphatic rings. The normalized spacial score (nSPS) is 5.00. The summed E-state index contributed by atoms with van der Waals surface area (Å²) < 4.78 is 0. The van der Waals surface area contributed by atoms with Gasteiger partial charge < -0.3 is 11.1 Å². The van der Waals surface area contributed by atoms with Crippen molar-refractivity contribution in [2.45, 2.75) is 0 Å². The van der Waals surface area contributed by atoms with Crippen molar-refractivity contribution in [3.8, 4) is 0 Å². The van der Waals surface area contributed by atoms with Gasteiger partial charge >= 0.3 is 0 Å². The number of quaternary nitrogens is 1. The first kappa shape index (κ1) is 9.06. The van der Waals surface area contributed by atoms with Gasteiger partial charge in [0.15, 0.2) is 0 Å². The second-order valence-electron chi connectivity index (χ2n) is 0.713. The highest BCUT2D eigenvalue weighted by molar-refractivity contribution is 5.42. The SMILES string of the molecule is C[NH2+]C.NC=O. The molecule has 0 aliphatic heterocycles. The Balaban J connectivity index is 0. The Bertz CT molecular complexity index is 22.8. The van der Waals surface area contributed by atoms with E-state index < -0.39 is 0 Å². The van der Waals surface area contributed by atoms with Gasteiger partial charge in [0.1, 0.15) is 0 Å². The summed E-state index contributed by atoms with van der Waals surface area (Å²) in [6.07, 6.45) is 0.250. The predicted octanol–water partition coefficient (Wildman–Crippen LogP) is -2.09. The van der Waals surface area contributed by atoms with Gasteiger partial charge in [-0.15, -0.1) is 0 Å². The fourth-order valence-electron chi connectivity index (χ4n) is 0. The first-order valence-corrected chi connectivity index (χ1v) is 1.72. The lowest BCUT2D eigenvalue weighted by atomic mass is 11.3. The Morgan fingerprint density at radius 3 is 1.67 bits per heavy atom. The van der Waals surface area contributed by atoms with Gasteiger partial charge in [-0.25, -0.2) is 0 Å². The molecule has 6 heavy (non-hydrogen) atoms. The number of hydrogen-bond donors (Lipinski definition) is 2.